The minimum atomic E-state index is -4.15. The van der Waals surface area contributed by atoms with E-state index in [0.717, 1.165) is 10.7 Å². The van der Waals surface area contributed by atoms with Gasteiger partial charge in [-0.2, -0.15) is 13.5 Å². The predicted molar refractivity (Wildman–Crippen MR) is 72.1 cm³/mol. The molecule has 0 fully saturated rings. The molecule has 0 aliphatic rings. The molecule has 2 rings (SSSR count). The number of halogens is 1. The first-order valence-electron chi connectivity index (χ1n) is 5.77. The fourth-order valence-corrected chi connectivity index (χ4v) is 3.08. The van der Waals surface area contributed by atoms with Crippen LogP contribution in [-0.2, 0) is 17.1 Å². The van der Waals surface area contributed by atoms with Crippen molar-refractivity contribution in [1.29, 1.82) is 0 Å². The summed E-state index contributed by atoms with van der Waals surface area (Å²) in [5.74, 6) is -2.39. The lowest BCUT2D eigenvalue weighted by Crippen LogP contribution is -2.20. The Morgan fingerprint density at radius 3 is 2.57 bits per heavy atom. The number of nitrogens with zero attached hydrogens (tertiary/aromatic N) is 2. The highest BCUT2D eigenvalue weighted by atomic mass is 32.2. The number of carboxylic acids is 1. The van der Waals surface area contributed by atoms with Crippen molar-refractivity contribution in [2.45, 2.75) is 11.9 Å². The molecule has 2 aromatic rings. The molecule has 21 heavy (non-hydrogen) atoms. The van der Waals surface area contributed by atoms with Crippen LogP contribution in [0.4, 0.5) is 10.1 Å². The molecule has 0 spiro atoms. The summed E-state index contributed by atoms with van der Waals surface area (Å²) in [6.45, 7) is 1.45. The summed E-state index contributed by atoms with van der Waals surface area (Å²) in [5, 5.41) is 12.6. The van der Waals surface area contributed by atoms with Crippen molar-refractivity contribution in [2.75, 3.05) is 4.72 Å². The molecule has 0 amide bonds. The monoisotopic (exact) mass is 313 g/mol. The number of carbonyl (C=O) groups is 1. The molecule has 112 valence electrons. The van der Waals surface area contributed by atoms with E-state index in [0.29, 0.717) is 0 Å². The number of nitrogens with one attached hydrogen (secondary N) is 1. The largest absolute Gasteiger partial charge is 0.478 e. The van der Waals surface area contributed by atoms with Crippen LogP contribution in [0.1, 0.15) is 15.9 Å². The minimum absolute atomic E-state index is 0.209. The molecular formula is C12H12FN3O4S. The van der Waals surface area contributed by atoms with Crippen molar-refractivity contribution in [3.05, 3.63) is 41.3 Å². The summed E-state index contributed by atoms with van der Waals surface area (Å²) in [4.78, 5) is 11.2. The zero-order valence-electron chi connectivity index (χ0n) is 11.2. The molecule has 0 bridgehead atoms. The molecule has 0 aliphatic heterocycles. The number of aromatic carboxylic acids is 1. The SMILES string of the molecule is Cc1ccc(F)c(NS(=O)(=O)c2ccnn2C)c1C(=O)O. The number of aryl methyl sites for hydroxylation is 2. The molecule has 1 heterocycles. The second-order valence-electron chi connectivity index (χ2n) is 4.32. The zero-order valence-corrected chi connectivity index (χ0v) is 12.0. The van der Waals surface area contributed by atoms with Crippen LogP contribution in [0.2, 0.25) is 0 Å². The van der Waals surface area contributed by atoms with E-state index >= 15 is 0 Å². The highest BCUT2D eigenvalue weighted by Gasteiger charge is 2.25. The maximum atomic E-state index is 13.9. The number of carboxylic acid groups (broad SMARTS) is 1. The molecule has 1 aromatic heterocycles. The van der Waals surface area contributed by atoms with Crippen LogP contribution in [0.25, 0.3) is 0 Å². The Hall–Kier alpha value is -2.42. The van der Waals surface area contributed by atoms with Crippen LogP contribution in [-0.4, -0.2) is 29.3 Å². The Balaban J connectivity index is 2.57. The van der Waals surface area contributed by atoms with Crippen molar-refractivity contribution >= 4 is 21.7 Å². The average Bonchev–Trinajstić information content (AvgIpc) is 2.80. The van der Waals surface area contributed by atoms with E-state index in [1.807, 2.05) is 4.72 Å². The van der Waals surface area contributed by atoms with Crippen LogP contribution >= 0.6 is 0 Å². The van der Waals surface area contributed by atoms with Crippen molar-refractivity contribution in [1.82, 2.24) is 9.78 Å². The topological polar surface area (TPSA) is 101 Å². The minimum Gasteiger partial charge on any atom is -0.478 e. The van der Waals surface area contributed by atoms with E-state index in [1.54, 1.807) is 0 Å². The molecule has 0 saturated carbocycles. The first-order valence-corrected chi connectivity index (χ1v) is 7.25. The van der Waals surface area contributed by atoms with Gasteiger partial charge in [-0.1, -0.05) is 6.07 Å². The number of hydrogen-bond donors (Lipinski definition) is 2. The van der Waals surface area contributed by atoms with Gasteiger partial charge in [0.2, 0.25) is 0 Å². The van der Waals surface area contributed by atoms with Gasteiger partial charge in [0.05, 0.1) is 17.4 Å². The number of aromatic nitrogens is 2. The molecule has 9 heteroatoms. The Kier molecular flexibility index (Phi) is 3.69. The van der Waals surface area contributed by atoms with Crippen LogP contribution in [0.3, 0.4) is 0 Å². The Bertz CT molecular complexity index is 814. The van der Waals surface area contributed by atoms with Crippen molar-refractivity contribution in [3.8, 4) is 0 Å². The van der Waals surface area contributed by atoms with Crippen LogP contribution in [0.5, 0.6) is 0 Å². The highest BCUT2D eigenvalue weighted by molar-refractivity contribution is 7.92. The number of hydrogen-bond acceptors (Lipinski definition) is 4. The molecular weight excluding hydrogens is 301 g/mol. The van der Waals surface area contributed by atoms with Crippen molar-refractivity contribution in [3.63, 3.8) is 0 Å². The maximum Gasteiger partial charge on any atom is 0.338 e. The van der Waals surface area contributed by atoms with Crippen molar-refractivity contribution < 1.29 is 22.7 Å². The fraction of sp³-hybridized carbons (Fsp3) is 0.167. The van der Waals surface area contributed by atoms with E-state index in [4.69, 9.17) is 5.11 Å². The van der Waals surface area contributed by atoms with Gasteiger partial charge < -0.3 is 5.11 Å². The molecule has 0 unspecified atom stereocenters. The summed E-state index contributed by atoms with van der Waals surface area (Å²) in [7, 11) is -2.75. The predicted octanol–water partition coefficient (Wildman–Crippen LogP) is 1.37. The summed E-state index contributed by atoms with van der Waals surface area (Å²) in [6.07, 6.45) is 1.26. The van der Waals surface area contributed by atoms with E-state index in [1.165, 1.54) is 32.3 Å². The van der Waals surface area contributed by atoms with Gasteiger partial charge in [-0.3, -0.25) is 9.40 Å². The summed E-state index contributed by atoms with van der Waals surface area (Å²) in [6, 6.07) is 3.49. The van der Waals surface area contributed by atoms with E-state index < -0.39 is 33.1 Å². The van der Waals surface area contributed by atoms with Gasteiger partial charge in [-0.05, 0) is 24.6 Å². The van der Waals surface area contributed by atoms with Crippen LogP contribution in [0.15, 0.2) is 29.4 Å². The number of rotatable bonds is 4. The van der Waals surface area contributed by atoms with Gasteiger partial charge >= 0.3 is 5.97 Å². The molecule has 7 nitrogen and oxygen atoms in total. The zero-order chi connectivity index (χ0) is 15.8. The first kappa shape index (κ1) is 15.0. The third-order valence-corrected chi connectivity index (χ3v) is 4.29. The fourth-order valence-electron chi connectivity index (χ4n) is 1.87. The van der Waals surface area contributed by atoms with Gasteiger partial charge in [0.1, 0.15) is 5.82 Å². The third kappa shape index (κ3) is 2.72. The summed E-state index contributed by atoms with van der Waals surface area (Å²) >= 11 is 0. The lowest BCUT2D eigenvalue weighted by atomic mass is 10.1. The lowest BCUT2D eigenvalue weighted by molar-refractivity contribution is 0.0697. The van der Waals surface area contributed by atoms with Gasteiger partial charge in [-0.25, -0.2) is 9.18 Å². The normalized spacial score (nSPS) is 11.4. The van der Waals surface area contributed by atoms with E-state index in [-0.39, 0.29) is 10.6 Å². The molecule has 2 N–H and O–H groups in total. The Morgan fingerprint density at radius 2 is 2.05 bits per heavy atom. The van der Waals surface area contributed by atoms with Crippen molar-refractivity contribution in [2.24, 2.45) is 7.05 Å². The first-order chi connectivity index (χ1) is 9.74. The Labute approximate surface area is 120 Å². The van der Waals surface area contributed by atoms with Gasteiger partial charge in [-0.15, -0.1) is 0 Å². The maximum absolute atomic E-state index is 13.9. The lowest BCUT2D eigenvalue weighted by Gasteiger charge is -2.13. The highest BCUT2D eigenvalue weighted by Crippen LogP contribution is 2.26. The molecule has 0 atom stereocenters. The molecule has 1 aromatic carbocycles. The van der Waals surface area contributed by atoms with E-state index in [2.05, 4.69) is 5.10 Å². The molecule has 0 radical (unpaired) electrons. The second-order valence-corrected chi connectivity index (χ2v) is 5.95. The molecule has 0 aliphatic carbocycles. The van der Waals surface area contributed by atoms with Gasteiger partial charge in [0, 0.05) is 7.05 Å². The standard InChI is InChI=1S/C12H12FN3O4S/c1-7-3-4-8(13)11(10(7)12(17)18)15-21(19,20)9-5-6-14-16(9)2/h3-6,15H,1-2H3,(H,17,18). The summed E-state index contributed by atoms with van der Waals surface area (Å²) in [5.41, 5.74) is -0.781. The molecule has 0 saturated heterocycles. The number of anilines is 1. The summed E-state index contributed by atoms with van der Waals surface area (Å²) < 4.78 is 41.3. The number of benzene rings is 1. The quantitative estimate of drug-likeness (QED) is 0.887. The third-order valence-electron chi connectivity index (χ3n) is 2.86. The Morgan fingerprint density at radius 1 is 1.38 bits per heavy atom. The van der Waals surface area contributed by atoms with E-state index in [9.17, 15) is 17.6 Å². The van der Waals surface area contributed by atoms with Crippen LogP contribution in [0, 0.1) is 12.7 Å². The van der Waals surface area contributed by atoms with Crippen LogP contribution < -0.4 is 4.72 Å². The second kappa shape index (κ2) is 5.17. The average molecular weight is 313 g/mol. The number of sulfonamides is 1. The smallest absolute Gasteiger partial charge is 0.338 e. The van der Waals surface area contributed by atoms with Gasteiger partial charge in [0.15, 0.2) is 5.03 Å². The van der Waals surface area contributed by atoms with Gasteiger partial charge in [0.25, 0.3) is 10.0 Å².